The van der Waals surface area contributed by atoms with Crippen molar-refractivity contribution in [1.29, 1.82) is 0 Å². The largest absolute Gasteiger partial charge is 0.456 e. The lowest BCUT2D eigenvalue weighted by molar-refractivity contribution is 0.668. The monoisotopic (exact) mass is 1830 g/mol. The number of hydrogen-bond acceptors (Lipinski definition) is 7. The molecule has 7 aromatic heterocycles. The average molecular weight is 1840 g/mol. The summed E-state index contributed by atoms with van der Waals surface area (Å²) in [4.78, 5) is 4.64. The third kappa shape index (κ3) is 13.9. The van der Waals surface area contributed by atoms with Crippen LogP contribution in [0.25, 0.3) is 214 Å². The molecule has 1 N–H and O–H groups in total. The summed E-state index contributed by atoms with van der Waals surface area (Å²) in [6, 6.07) is 169. The van der Waals surface area contributed by atoms with E-state index in [0.29, 0.717) is 10.0 Å². The first-order valence-electron chi connectivity index (χ1n) is 47.0. The first kappa shape index (κ1) is 81.5. The first-order chi connectivity index (χ1) is 69.2. The van der Waals surface area contributed by atoms with E-state index in [0.717, 1.165) is 177 Å². The summed E-state index contributed by atoms with van der Waals surface area (Å²) < 4.78 is 32.7. The molecule has 0 amide bonds. The SMILES string of the molecule is Clc1ccc2c(c1)oc1ccc3c(ccc4oc5cc(Cl)ccc5c43)c12.c1ccc(N(c2ccc(-c3ccc4c(c3)c3ccccc3n4-c3ccccc3)cc2)c2ccc3c(c2)oc2ccc4c(ccc5oc6cc(N(c7ccccc7)c7ccc8c(c7)c7ccccc7n8-c7ccccc7)ccc6c54)c23)cc1.c1ccc(Nc2ccc(-c3ccc4c(c3)c3ccccc3n4-c3ccccc3)cc2)cc1. The summed E-state index contributed by atoms with van der Waals surface area (Å²) in [6.07, 6.45) is 0. The minimum atomic E-state index is 0.668. The molecular weight excluding hydrogens is 1760 g/mol. The van der Waals surface area contributed by atoms with E-state index in [9.17, 15) is 0 Å². The minimum absolute atomic E-state index is 0.668. The molecule has 0 atom stereocenters. The van der Waals surface area contributed by atoms with E-state index in [2.05, 4.69) is 441 Å². The molecule has 29 aromatic rings. The van der Waals surface area contributed by atoms with Gasteiger partial charge in [-0.1, -0.05) is 223 Å². The number of para-hydroxylation sites is 9. The maximum Gasteiger partial charge on any atom is 0.137 e. The maximum atomic E-state index is 6.83. The van der Waals surface area contributed by atoms with Crippen LogP contribution >= 0.6 is 23.2 Å². The highest BCUT2D eigenvalue weighted by Crippen LogP contribution is 2.50. The molecule has 0 spiro atoms. The summed E-state index contributed by atoms with van der Waals surface area (Å²) in [7, 11) is 0. The summed E-state index contributed by atoms with van der Waals surface area (Å²) in [5.41, 5.74) is 30.5. The first-order valence-corrected chi connectivity index (χ1v) is 47.8. The van der Waals surface area contributed by atoms with Gasteiger partial charge < -0.3 is 46.5 Å². The van der Waals surface area contributed by atoms with Crippen LogP contribution in [0.2, 0.25) is 10.0 Å². The number of aromatic nitrogens is 3. The van der Waals surface area contributed by atoms with Gasteiger partial charge in [0.15, 0.2) is 0 Å². The molecule has 0 bridgehead atoms. The quantitative estimate of drug-likeness (QED) is 0.123. The van der Waals surface area contributed by atoms with Crippen molar-refractivity contribution < 1.29 is 17.7 Å². The number of nitrogens with zero attached hydrogens (tertiary/aromatic N) is 5. The highest BCUT2D eigenvalue weighted by Gasteiger charge is 2.26. The summed E-state index contributed by atoms with van der Waals surface area (Å²) in [5, 5.41) is 25.3. The van der Waals surface area contributed by atoms with Gasteiger partial charge in [-0.15, -0.1) is 0 Å². The zero-order valence-corrected chi connectivity index (χ0v) is 76.7. The molecule has 0 saturated heterocycles. The second-order valence-electron chi connectivity index (χ2n) is 35.7. The van der Waals surface area contributed by atoms with Crippen LogP contribution in [0.5, 0.6) is 0 Å². The lowest BCUT2D eigenvalue weighted by atomic mass is 9.99. The molecule has 22 aromatic carbocycles. The molecule has 660 valence electrons. The van der Waals surface area contributed by atoms with E-state index in [1.54, 1.807) is 0 Å². The normalized spacial score (nSPS) is 11.8. The van der Waals surface area contributed by atoms with E-state index < -0.39 is 0 Å². The van der Waals surface area contributed by atoms with Gasteiger partial charge in [0, 0.05) is 172 Å². The Balaban J connectivity index is 0.000000137. The van der Waals surface area contributed by atoms with E-state index >= 15 is 0 Å². The van der Waals surface area contributed by atoms with Crippen LogP contribution in [-0.2, 0) is 0 Å². The molecule has 0 saturated carbocycles. The molecule has 7 heterocycles. The van der Waals surface area contributed by atoms with Crippen LogP contribution in [0, 0.1) is 0 Å². The van der Waals surface area contributed by atoms with Crippen molar-refractivity contribution in [2.45, 2.75) is 0 Å². The fraction of sp³-hybridized carbons (Fsp3) is 0. The van der Waals surface area contributed by atoms with Crippen LogP contribution in [-0.4, -0.2) is 13.7 Å². The topological polar surface area (TPSA) is 85.9 Å². The van der Waals surface area contributed by atoms with Gasteiger partial charge in [0.2, 0.25) is 0 Å². The number of anilines is 8. The highest BCUT2D eigenvalue weighted by atomic mass is 35.5. The Labute approximate surface area is 812 Å². The predicted molar refractivity (Wildman–Crippen MR) is 586 cm³/mol. The van der Waals surface area contributed by atoms with Crippen molar-refractivity contribution in [3.05, 3.63) is 489 Å². The Hall–Kier alpha value is -18.1. The van der Waals surface area contributed by atoms with Crippen LogP contribution in [0.1, 0.15) is 0 Å². The van der Waals surface area contributed by atoms with Crippen molar-refractivity contribution in [2.75, 3.05) is 15.1 Å². The number of hydrogen-bond donors (Lipinski definition) is 1. The van der Waals surface area contributed by atoms with Gasteiger partial charge in [-0.05, 0) is 299 Å². The summed E-state index contributed by atoms with van der Waals surface area (Å²) >= 11 is 12.2. The smallest absolute Gasteiger partial charge is 0.137 e. The predicted octanol–water partition coefficient (Wildman–Crippen LogP) is 37.6. The Morgan fingerprint density at radius 1 is 0.171 bits per heavy atom. The number of furan rings is 4. The summed E-state index contributed by atoms with van der Waals surface area (Å²) in [5.74, 6) is 0. The lowest BCUT2D eigenvalue weighted by Gasteiger charge is -2.25. The lowest BCUT2D eigenvalue weighted by Crippen LogP contribution is -2.09. The zero-order valence-electron chi connectivity index (χ0n) is 75.2. The van der Waals surface area contributed by atoms with Crippen molar-refractivity contribution in [2.24, 2.45) is 0 Å². The molecule has 29 rings (SSSR count). The van der Waals surface area contributed by atoms with Crippen molar-refractivity contribution in [3.8, 4) is 39.3 Å². The number of benzene rings is 22. The second kappa shape index (κ2) is 33.5. The molecule has 12 heteroatoms. The molecule has 10 nitrogen and oxygen atoms in total. The molecule has 0 unspecified atom stereocenters. The molecule has 0 fully saturated rings. The molecule has 0 aliphatic rings. The number of nitrogens with one attached hydrogen (secondary N) is 1. The molecule has 0 radical (unpaired) electrons. The van der Waals surface area contributed by atoms with Gasteiger partial charge >= 0.3 is 0 Å². The van der Waals surface area contributed by atoms with E-state index in [-0.39, 0.29) is 0 Å². The Kier molecular flexibility index (Phi) is 19.5. The Morgan fingerprint density at radius 2 is 0.436 bits per heavy atom. The molecule has 0 aliphatic heterocycles. The second-order valence-corrected chi connectivity index (χ2v) is 36.6. The van der Waals surface area contributed by atoms with Crippen molar-refractivity contribution >= 4 is 243 Å². The van der Waals surface area contributed by atoms with Crippen molar-refractivity contribution in [1.82, 2.24) is 13.7 Å². The van der Waals surface area contributed by atoms with Gasteiger partial charge in [0.25, 0.3) is 0 Å². The van der Waals surface area contributed by atoms with Crippen LogP contribution in [0.15, 0.2) is 497 Å². The maximum absolute atomic E-state index is 6.83. The third-order valence-corrected chi connectivity index (χ3v) is 28.1. The van der Waals surface area contributed by atoms with Crippen LogP contribution in [0.4, 0.5) is 45.5 Å². The zero-order chi connectivity index (χ0) is 92.6. The van der Waals surface area contributed by atoms with Gasteiger partial charge in [-0.3, -0.25) is 0 Å². The van der Waals surface area contributed by atoms with E-state index in [4.69, 9.17) is 40.9 Å². The fourth-order valence-corrected chi connectivity index (χ4v) is 21.7. The molecular formula is C128H80Cl2N6O4. The standard InChI is InChI=1S/C76H48N4O2.C30H22N2.C22H10Cl2O2/c1-5-17-51(18-6-1)77(55-32-29-49(30-33-55)50-31-41-69-65(45-50)59-25-13-15-27-67(59)79(69)53-21-9-3-10-22-53)57-34-37-63-73(47-57)81-71-43-39-62-61(75(63)71)40-44-72-76(62)64-38-35-58(48-74(64)82-72)78(52-19-7-2-8-20-52)56-36-42-70-66(46-56)60-26-14-16-28-68(60)80(70)54-23-11-4-12-24-54;1-3-9-24(10-4-1)31-25-18-15-22(16-19-25)23-17-20-30-28(21-23)27-13-7-8-14-29(27)32(30)26-11-5-2-6-12-26;23-11-1-3-15-19(9-11)25-17-7-6-14-13(21(15)17)5-8-18-22(14)16-4-2-12(24)10-20(16)26-18/h1-48H;1-21,31H;1-10H. The average Bonchev–Trinajstić information content (AvgIpc) is 1.56. The highest BCUT2D eigenvalue weighted by molar-refractivity contribution is 6.34. The number of fused-ring (bicyclic) bond motifs is 27. The van der Waals surface area contributed by atoms with Gasteiger partial charge in [0.1, 0.15) is 44.7 Å². The van der Waals surface area contributed by atoms with Crippen LogP contribution < -0.4 is 15.1 Å². The minimum Gasteiger partial charge on any atom is -0.456 e. The van der Waals surface area contributed by atoms with Crippen LogP contribution in [0.3, 0.4) is 0 Å². The fourth-order valence-electron chi connectivity index (χ4n) is 21.4. The Bertz CT molecular complexity index is 9830. The van der Waals surface area contributed by atoms with Crippen molar-refractivity contribution in [3.63, 3.8) is 0 Å². The van der Waals surface area contributed by atoms with E-state index in [1.807, 2.05) is 66.7 Å². The van der Waals surface area contributed by atoms with Gasteiger partial charge in [-0.2, -0.15) is 0 Å². The van der Waals surface area contributed by atoms with E-state index in [1.165, 1.54) is 82.3 Å². The third-order valence-electron chi connectivity index (χ3n) is 27.6. The summed E-state index contributed by atoms with van der Waals surface area (Å²) in [6.45, 7) is 0. The van der Waals surface area contributed by atoms with Gasteiger partial charge in [-0.25, -0.2) is 0 Å². The molecule has 0 aliphatic carbocycles. The molecule has 140 heavy (non-hydrogen) atoms. The Morgan fingerprint density at radius 3 is 0.829 bits per heavy atom. The number of rotatable bonds is 13. The number of halogens is 2. The van der Waals surface area contributed by atoms with Gasteiger partial charge in [0.05, 0.1) is 33.1 Å².